The summed E-state index contributed by atoms with van der Waals surface area (Å²) < 4.78 is 43.0. The van der Waals surface area contributed by atoms with E-state index in [-0.39, 0.29) is 0 Å². The average molecular weight is 148 g/mol. The Morgan fingerprint density at radius 2 is 1.78 bits per heavy atom. The average Bonchev–Trinajstić information content (AvgIpc) is 1.59. The van der Waals surface area contributed by atoms with Crippen molar-refractivity contribution >= 4 is 6.22 Å². The Bertz CT molecular complexity index is 107. The molecular weight excluding hydrogens is 148 g/mol. The Hall–Kier alpha value is -0.850. The van der Waals surface area contributed by atoms with Crippen LogP contribution in [0, 0.1) is 0 Å². The van der Waals surface area contributed by atoms with Crippen LogP contribution in [0.25, 0.3) is 0 Å². The Balaban J connectivity index is 3.39. The molecule has 0 spiro atoms. The lowest BCUT2D eigenvalue weighted by Crippen LogP contribution is -2.14. The predicted octanol–water partition coefficient (Wildman–Crippen LogP) is 1.54. The Kier molecular flexibility index (Phi) is 2.38. The standard InChI is InChI=1S/C2F4O3/c3-1(7)8-9-2(4,5)6. The van der Waals surface area contributed by atoms with Crippen LogP contribution in [0.4, 0.5) is 22.4 Å². The second kappa shape index (κ2) is 2.62. The first kappa shape index (κ1) is 8.15. The van der Waals surface area contributed by atoms with Crippen LogP contribution in [0.5, 0.6) is 0 Å². The van der Waals surface area contributed by atoms with Gasteiger partial charge in [0.25, 0.3) is 0 Å². The molecule has 0 N–H and O–H groups in total. The normalized spacial score (nSPS) is 11.1. The van der Waals surface area contributed by atoms with Crippen molar-refractivity contribution in [2.24, 2.45) is 0 Å². The molecule has 9 heavy (non-hydrogen) atoms. The van der Waals surface area contributed by atoms with Crippen LogP contribution < -0.4 is 0 Å². The minimum absolute atomic E-state index is 2.27. The molecule has 0 aromatic carbocycles. The highest BCUT2D eigenvalue weighted by molar-refractivity contribution is 5.56. The van der Waals surface area contributed by atoms with E-state index in [1.807, 2.05) is 0 Å². The maximum absolute atomic E-state index is 10.7. The van der Waals surface area contributed by atoms with Gasteiger partial charge in [-0.1, -0.05) is 4.89 Å². The molecule has 0 bridgehead atoms. The van der Waals surface area contributed by atoms with Crippen LogP contribution >= 0.6 is 0 Å². The van der Waals surface area contributed by atoms with E-state index in [1.54, 1.807) is 0 Å². The summed E-state index contributed by atoms with van der Waals surface area (Å²) in [7, 11) is 0. The summed E-state index contributed by atoms with van der Waals surface area (Å²) in [6, 6.07) is 0. The predicted molar refractivity (Wildman–Crippen MR) is 14.7 cm³/mol. The molecule has 0 radical (unpaired) electrons. The first-order valence-corrected chi connectivity index (χ1v) is 1.53. The fourth-order valence-corrected chi connectivity index (χ4v) is 0.0800. The Labute approximate surface area is 46.1 Å². The largest absolute Gasteiger partial charge is 0.558 e. The number of hydrogen-bond donors (Lipinski definition) is 0. The van der Waals surface area contributed by atoms with Crippen molar-refractivity contribution in [2.75, 3.05) is 0 Å². The highest BCUT2D eigenvalue weighted by Gasteiger charge is 2.33. The fourth-order valence-electron chi connectivity index (χ4n) is 0.0800. The van der Waals surface area contributed by atoms with Gasteiger partial charge in [-0.25, -0.2) is 4.79 Å². The molecule has 0 rings (SSSR count). The van der Waals surface area contributed by atoms with Crippen LogP contribution in [-0.4, -0.2) is 12.6 Å². The number of carbonyl (C=O) groups excluding carboxylic acids is 1. The van der Waals surface area contributed by atoms with E-state index >= 15 is 0 Å². The van der Waals surface area contributed by atoms with E-state index < -0.39 is 12.6 Å². The van der Waals surface area contributed by atoms with Crippen molar-refractivity contribution in [1.82, 2.24) is 0 Å². The maximum atomic E-state index is 10.7. The lowest BCUT2D eigenvalue weighted by molar-refractivity contribution is -0.459. The third-order valence-corrected chi connectivity index (χ3v) is 0.202. The van der Waals surface area contributed by atoms with Crippen molar-refractivity contribution in [3.8, 4) is 0 Å². The lowest BCUT2D eigenvalue weighted by Gasteiger charge is -2.00. The Morgan fingerprint density at radius 3 is 1.89 bits per heavy atom. The molecule has 54 valence electrons. The van der Waals surface area contributed by atoms with Gasteiger partial charge in [0.15, 0.2) is 0 Å². The Morgan fingerprint density at radius 1 is 1.33 bits per heavy atom. The van der Waals surface area contributed by atoms with Crippen molar-refractivity contribution in [1.29, 1.82) is 0 Å². The van der Waals surface area contributed by atoms with E-state index in [1.165, 1.54) is 0 Å². The van der Waals surface area contributed by atoms with Gasteiger partial charge >= 0.3 is 12.6 Å². The molecular formula is C2F4O3. The highest BCUT2D eigenvalue weighted by atomic mass is 19.4. The number of rotatable bonds is 1. The minimum atomic E-state index is -5.15. The second-order valence-corrected chi connectivity index (χ2v) is 0.850. The third kappa shape index (κ3) is 7.15. The van der Waals surface area contributed by atoms with E-state index in [0.717, 1.165) is 0 Å². The lowest BCUT2D eigenvalue weighted by atomic mass is 11.4. The molecule has 0 saturated heterocycles. The van der Waals surface area contributed by atoms with E-state index in [4.69, 9.17) is 4.79 Å². The summed E-state index contributed by atoms with van der Waals surface area (Å²) in [6.45, 7) is 0. The zero-order chi connectivity index (χ0) is 7.49. The summed E-state index contributed by atoms with van der Waals surface area (Å²) >= 11 is 0. The molecule has 0 aliphatic carbocycles. The summed E-state index contributed by atoms with van der Waals surface area (Å²) in [4.78, 5) is 13.7. The molecule has 0 aliphatic heterocycles. The first-order chi connectivity index (χ1) is 3.92. The third-order valence-electron chi connectivity index (χ3n) is 0.202. The smallest absolute Gasteiger partial charge is 0.257 e. The summed E-state index contributed by atoms with van der Waals surface area (Å²) in [6.07, 6.45) is -7.80. The number of halogens is 4. The highest BCUT2D eigenvalue weighted by Crippen LogP contribution is 2.16. The zero-order valence-electron chi connectivity index (χ0n) is 3.74. The molecule has 0 aliphatic rings. The van der Waals surface area contributed by atoms with Gasteiger partial charge in [0.2, 0.25) is 0 Å². The molecule has 0 amide bonds. The second-order valence-electron chi connectivity index (χ2n) is 0.850. The molecule has 7 heteroatoms. The first-order valence-electron chi connectivity index (χ1n) is 1.53. The van der Waals surface area contributed by atoms with Crippen LogP contribution in [0.15, 0.2) is 0 Å². The summed E-state index contributed by atoms with van der Waals surface area (Å²) in [5.41, 5.74) is 0. The van der Waals surface area contributed by atoms with E-state index in [0.29, 0.717) is 0 Å². The topological polar surface area (TPSA) is 35.5 Å². The molecule has 0 atom stereocenters. The molecule has 0 heterocycles. The van der Waals surface area contributed by atoms with Crippen LogP contribution in [-0.2, 0) is 9.78 Å². The van der Waals surface area contributed by atoms with E-state index in [2.05, 4.69) is 9.78 Å². The van der Waals surface area contributed by atoms with Crippen LogP contribution in [0.2, 0.25) is 0 Å². The maximum Gasteiger partial charge on any atom is 0.558 e. The number of hydrogen-bond acceptors (Lipinski definition) is 3. The van der Waals surface area contributed by atoms with E-state index in [9.17, 15) is 17.6 Å². The molecule has 0 saturated carbocycles. The summed E-state index contributed by atoms with van der Waals surface area (Å²) in [5.74, 6) is 0. The zero-order valence-corrected chi connectivity index (χ0v) is 3.74. The molecule has 0 unspecified atom stereocenters. The number of alkyl halides is 3. The van der Waals surface area contributed by atoms with Gasteiger partial charge in [-0.3, -0.25) is 4.89 Å². The van der Waals surface area contributed by atoms with Crippen molar-refractivity contribution in [3.63, 3.8) is 0 Å². The van der Waals surface area contributed by atoms with Gasteiger partial charge in [0, 0.05) is 0 Å². The molecule has 0 fully saturated rings. The van der Waals surface area contributed by atoms with Gasteiger partial charge < -0.3 is 0 Å². The number of carbonyl (C=O) groups is 1. The fraction of sp³-hybridized carbons (Fsp3) is 0.500. The quantitative estimate of drug-likeness (QED) is 0.245. The van der Waals surface area contributed by atoms with Gasteiger partial charge in [-0.15, -0.1) is 17.6 Å². The van der Waals surface area contributed by atoms with Crippen molar-refractivity contribution in [3.05, 3.63) is 0 Å². The minimum Gasteiger partial charge on any atom is -0.257 e. The van der Waals surface area contributed by atoms with Crippen molar-refractivity contribution < 1.29 is 32.1 Å². The van der Waals surface area contributed by atoms with Gasteiger partial charge in [-0.05, 0) is 0 Å². The molecule has 3 nitrogen and oxygen atoms in total. The SMILES string of the molecule is O=C(F)OOC(F)(F)F. The van der Waals surface area contributed by atoms with Gasteiger partial charge in [0.05, 0.1) is 0 Å². The monoisotopic (exact) mass is 148 g/mol. The van der Waals surface area contributed by atoms with Crippen molar-refractivity contribution in [2.45, 2.75) is 6.36 Å². The van der Waals surface area contributed by atoms with Crippen LogP contribution in [0.1, 0.15) is 0 Å². The van der Waals surface area contributed by atoms with Gasteiger partial charge in [0.1, 0.15) is 0 Å². The van der Waals surface area contributed by atoms with Gasteiger partial charge in [-0.2, -0.15) is 0 Å². The summed E-state index contributed by atoms with van der Waals surface area (Å²) in [5, 5.41) is 0. The van der Waals surface area contributed by atoms with Crippen LogP contribution in [0.3, 0.4) is 0 Å². The molecule has 0 aromatic heterocycles. The molecule has 0 aromatic rings.